The molecule has 1 aromatic carbocycles. The van der Waals surface area contributed by atoms with E-state index in [1.807, 2.05) is 0 Å². The minimum Gasteiger partial charge on any atom is -0.497 e. The Bertz CT molecular complexity index is 533. The second-order valence-electron chi connectivity index (χ2n) is 4.45. The van der Waals surface area contributed by atoms with Crippen molar-refractivity contribution in [2.24, 2.45) is 0 Å². The zero-order chi connectivity index (χ0) is 16.0. The Hall–Kier alpha value is -2.35. The molecule has 1 N–H and O–H groups in total. The van der Waals surface area contributed by atoms with E-state index in [1.165, 1.54) is 32.4 Å². The second kappa shape index (κ2) is 6.89. The van der Waals surface area contributed by atoms with Gasteiger partial charge in [0.25, 0.3) is 0 Å². The van der Waals surface area contributed by atoms with Crippen LogP contribution in [0.4, 0.5) is 5.69 Å². The molecule has 116 valence electrons. The van der Waals surface area contributed by atoms with E-state index in [0.717, 1.165) is 0 Å². The van der Waals surface area contributed by atoms with Crippen molar-refractivity contribution in [3.8, 4) is 11.5 Å². The lowest BCUT2D eigenvalue weighted by Gasteiger charge is -2.25. The molecule has 8 nitrogen and oxygen atoms in total. The summed E-state index contributed by atoms with van der Waals surface area (Å²) in [5.74, 6) is -0.0971. The third kappa shape index (κ3) is 3.82. The summed E-state index contributed by atoms with van der Waals surface area (Å²) in [5.41, 5.74) is -1.33. The molecule has 0 saturated heterocycles. The van der Waals surface area contributed by atoms with Gasteiger partial charge >= 0.3 is 11.7 Å². The van der Waals surface area contributed by atoms with Crippen LogP contribution in [-0.4, -0.2) is 44.3 Å². The van der Waals surface area contributed by atoms with Crippen LogP contribution in [0.5, 0.6) is 11.5 Å². The number of hydrogen-bond donors (Lipinski definition) is 1. The van der Waals surface area contributed by atoms with Crippen LogP contribution in [0.3, 0.4) is 0 Å². The molecule has 0 aliphatic heterocycles. The average Bonchev–Trinajstić information content (AvgIpc) is 2.51. The summed E-state index contributed by atoms with van der Waals surface area (Å²) in [6.07, 6.45) is 0. The van der Waals surface area contributed by atoms with Gasteiger partial charge in [0.2, 0.25) is 5.75 Å². The van der Waals surface area contributed by atoms with Crippen molar-refractivity contribution in [2.45, 2.75) is 12.5 Å². The molecule has 0 heterocycles. The van der Waals surface area contributed by atoms with E-state index in [9.17, 15) is 14.9 Å². The molecule has 0 amide bonds. The molecule has 0 bridgehead atoms. The summed E-state index contributed by atoms with van der Waals surface area (Å²) in [6, 6.07) is 4.14. The van der Waals surface area contributed by atoms with E-state index in [1.54, 1.807) is 14.0 Å². The average molecular weight is 298 g/mol. The van der Waals surface area contributed by atoms with Crippen molar-refractivity contribution in [1.29, 1.82) is 0 Å². The van der Waals surface area contributed by atoms with Crippen LogP contribution >= 0.6 is 0 Å². The summed E-state index contributed by atoms with van der Waals surface area (Å²) >= 11 is 0. The maximum absolute atomic E-state index is 11.7. The number of nitro groups is 1. The van der Waals surface area contributed by atoms with Crippen LogP contribution in [0.25, 0.3) is 0 Å². The summed E-state index contributed by atoms with van der Waals surface area (Å²) in [6.45, 7) is 1.44. The summed E-state index contributed by atoms with van der Waals surface area (Å²) in [4.78, 5) is 22.1. The smallest absolute Gasteiger partial charge is 0.329 e. The molecule has 1 rings (SSSR count). The van der Waals surface area contributed by atoms with Gasteiger partial charge in [-0.2, -0.15) is 0 Å². The number of carbonyl (C=O) groups is 1. The van der Waals surface area contributed by atoms with E-state index in [4.69, 9.17) is 9.47 Å². The van der Waals surface area contributed by atoms with Crippen molar-refractivity contribution < 1.29 is 23.9 Å². The van der Waals surface area contributed by atoms with Gasteiger partial charge in [-0.3, -0.25) is 10.1 Å². The molecule has 0 aromatic heterocycles. The Morgan fingerprint density at radius 1 is 1.43 bits per heavy atom. The standard InChI is InChI=1S/C13H18N2O6/c1-13(14-2,12(16)20-4)8-21-11-7-9(19-3)5-6-10(11)15(17)18/h5-7,14H,8H2,1-4H3. The predicted octanol–water partition coefficient (Wildman–Crippen LogP) is 1.13. The molecule has 1 aromatic rings. The highest BCUT2D eigenvalue weighted by molar-refractivity contribution is 5.80. The number of hydrogen-bond acceptors (Lipinski definition) is 7. The van der Waals surface area contributed by atoms with Crippen molar-refractivity contribution in [3.05, 3.63) is 28.3 Å². The van der Waals surface area contributed by atoms with E-state index in [2.05, 4.69) is 10.1 Å². The highest BCUT2D eigenvalue weighted by atomic mass is 16.6. The van der Waals surface area contributed by atoms with Crippen molar-refractivity contribution in [2.75, 3.05) is 27.9 Å². The third-order valence-electron chi connectivity index (χ3n) is 3.07. The first-order chi connectivity index (χ1) is 9.87. The third-order valence-corrected chi connectivity index (χ3v) is 3.07. The maximum Gasteiger partial charge on any atom is 0.329 e. The molecule has 0 radical (unpaired) electrons. The molecule has 0 saturated carbocycles. The number of nitrogens with zero attached hydrogens (tertiary/aromatic N) is 1. The van der Waals surface area contributed by atoms with Crippen LogP contribution in [0.2, 0.25) is 0 Å². The quantitative estimate of drug-likeness (QED) is 0.457. The first-order valence-electron chi connectivity index (χ1n) is 6.10. The highest BCUT2D eigenvalue weighted by Crippen LogP contribution is 2.31. The van der Waals surface area contributed by atoms with Gasteiger partial charge in [-0.1, -0.05) is 0 Å². The molecule has 1 unspecified atom stereocenters. The van der Waals surface area contributed by atoms with Crippen LogP contribution in [-0.2, 0) is 9.53 Å². The van der Waals surface area contributed by atoms with Gasteiger partial charge in [0.1, 0.15) is 17.9 Å². The minimum absolute atomic E-state index is 0.0183. The molecule has 0 spiro atoms. The predicted molar refractivity (Wildman–Crippen MR) is 74.6 cm³/mol. The number of nitro benzene ring substituents is 1. The van der Waals surface area contributed by atoms with E-state index < -0.39 is 16.4 Å². The molecular formula is C13H18N2O6. The maximum atomic E-state index is 11.7. The molecule has 0 fully saturated rings. The summed E-state index contributed by atoms with van der Waals surface area (Å²) in [7, 11) is 4.27. The monoisotopic (exact) mass is 298 g/mol. The Balaban J connectivity index is 3.01. The normalized spacial score (nSPS) is 13.1. The molecule has 0 aliphatic carbocycles. The molecule has 0 aliphatic rings. The number of rotatable bonds is 7. The van der Waals surface area contributed by atoms with Crippen molar-refractivity contribution >= 4 is 11.7 Å². The molecular weight excluding hydrogens is 280 g/mol. The zero-order valence-electron chi connectivity index (χ0n) is 12.3. The van der Waals surface area contributed by atoms with Crippen molar-refractivity contribution in [1.82, 2.24) is 5.32 Å². The Labute approximate surface area is 122 Å². The van der Waals surface area contributed by atoms with E-state index in [0.29, 0.717) is 5.75 Å². The largest absolute Gasteiger partial charge is 0.497 e. The van der Waals surface area contributed by atoms with Gasteiger partial charge in [0.05, 0.1) is 19.1 Å². The first kappa shape index (κ1) is 16.7. The number of esters is 1. The van der Waals surface area contributed by atoms with Gasteiger partial charge in [-0.05, 0) is 20.0 Å². The minimum atomic E-state index is -1.12. The van der Waals surface area contributed by atoms with Gasteiger partial charge in [-0.15, -0.1) is 0 Å². The second-order valence-corrected chi connectivity index (χ2v) is 4.45. The van der Waals surface area contributed by atoms with Gasteiger partial charge in [0, 0.05) is 12.1 Å². The summed E-state index contributed by atoms with van der Waals surface area (Å²) < 4.78 is 15.1. The summed E-state index contributed by atoms with van der Waals surface area (Å²) in [5, 5.41) is 13.8. The van der Waals surface area contributed by atoms with Gasteiger partial charge in [-0.25, -0.2) is 4.79 Å². The fraction of sp³-hybridized carbons (Fsp3) is 0.462. The highest BCUT2D eigenvalue weighted by Gasteiger charge is 2.34. The molecule has 21 heavy (non-hydrogen) atoms. The molecule has 8 heteroatoms. The fourth-order valence-electron chi connectivity index (χ4n) is 1.57. The lowest BCUT2D eigenvalue weighted by Crippen LogP contribution is -2.52. The number of carbonyl (C=O) groups excluding carboxylic acids is 1. The topological polar surface area (TPSA) is 99.9 Å². The zero-order valence-corrected chi connectivity index (χ0v) is 12.3. The molecule has 1 atom stereocenters. The Morgan fingerprint density at radius 3 is 2.57 bits per heavy atom. The number of methoxy groups -OCH3 is 2. The number of likely N-dealkylation sites (N-methyl/N-ethyl adjacent to an activating group) is 1. The number of nitrogens with one attached hydrogen (secondary N) is 1. The van der Waals surface area contributed by atoms with Crippen LogP contribution in [0.1, 0.15) is 6.92 Å². The first-order valence-corrected chi connectivity index (χ1v) is 6.10. The van der Waals surface area contributed by atoms with Gasteiger partial charge in [0.15, 0.2) is 0 Å². The van der Waals surface area contributed by atoms with Crippen LogP contribution in [0.15, 0.2) is 18.2 Å². The Kier molecular flexibility index (Phi) is 5.48. The fourth-order valence-corrected chi connectivity index (χ4v) is 1.57. The van der Waals surface area contributed by atoms with E-state index in [-0.39, 0.29) is 18.0 Å². The number of ether oxygens (including phenoxy) is 3. The van der Waals surface area contributed by atoms with Crippen LogP contribution < -0.4 is 14.8 Å². The lowest BCUT2D eigenvalue weighted by molar-refractivity contribution is -0.385. The number of benzene rings is 1. The van der Waals surface area contributed by atoms with E-state index >= 15 is 0 Å². The SMILES string of the molecule is CNC(C)(COc1cc(OC)ccc1[N+](=O)[O-])C(=O)OC. The Morgan fingerprint density at radius 2 is 2.10 bits per heavy atom. The van der Waals surface area contributed by atoms with Crippen molar-refractivity contribution in [3.63, 3.8) is 0 Å². The van der Waals surface area contributed by atoms with Gasteiger partial charge < -0.3 is 19.5 Å². The van der Waals surface area contributed by atoms with Crippen LogP contribution in [0, 0.1) is 10.1 Å². The lowest BCUT2D eigenvalue weighted by atomic mass is 10.1.